The van der Waals surface area contributed by atoms with E-state index in [1.54, 1.807) is 26.8 Å². The van der Waals surface area contributed by atoms with E-state index in [4.69, 9.17) is 4.74 Å². The molecule has 0 radical (unpaired) electrons. The molecule has 0 spiro atoms. The maximum atomic E-state index is 16.9. The van der Waals surface area contributed by atoms with Crippen molar-refractivity contribution in [3.63, 3.8) is 0 Å². The van der Waals surface area contributed by atoms with Gasteiger partial charge < -0.3 is 14.9 Å². The Hall–Kier alpha value is -1.86. The molecule has 31 heavy (non-hydrogen) atoms. The van der Waals surface area contributed by atoms with Crippen molar-refractivity contribution < 1.29 is 33.7 Å². The van der Waals surface area contributed by atoms with Crippen LogP contribution in [0.15, 0.2) is 23.8 Å². The number of carbonyl (C=O) groups is 3. The molecule has 0 aliphatic heterocycles. The van der Waals surface area contributed by atoms with Gasteiger partial charge in [0.25, 0.3) is 0 Å². The van der Waals surface area contributed by atoms with Crippen LogP contribution in [0.1, 0.15) is 59.3 Å². The zero-order chi connectivity index (χ0) is 22.8. The van der Waals surface area contributed by atoms with E-state index in [0.29, 0.717) is 24.8 Å². The van der Waals surface area contributed by atoms with Crippen molar-refractivity contribution in [2.45, 2.75) is 76.7 Å². The summed E-state index contributed by atoms with van der Waals surface area (Å²) in [6.45, 7) is 4.58. The molecule has 1 unspecified atom stereocenters. The van der Waals surface area contributed by atoms with Crippen molar-refractivity contribution in [2.24, 2.45) is 22.7 Å². The number of fused-ring (bicyclic) bond motifs is 5. The number of ether oxygens (including phenoxy) is 1. The fourth-order valence-corrected chi connectivity index (χ4v) is 7.04. The van der Waals surface area contributed by atoms with E-state index in [2.05, 4.69) is 0 Å². The van der Waals surface area contributed by atoms with Crippen LogP contribution < -0.4 is 0 Å². The van der Waals surface area contributed by atoms with Crippen LogP contribution in [0.25, 0.3) is 0 Å². The zero-order valence-electron chi connectivity index (χ0n) is 18.3. The number of aliphatic hydroxyl groups excluding tert-OH is 1. The minimum atomic E-state index is -2.00. The third-order valence-corrected chi connectivity index (χ3v) is 8.91. The van der Waals surface area contributed by atoms with E-state index in [9.17, 15) is 24.6 Å². The van der Waals surface area contributed by atoms with Gasteiger partial charge in [-0.25, -0.2) is 4.39 Å². The van der Waals surface area contributed by atoms with Gasteiger partial charge in [-0.3, -0.25) is 14.4 Å². The number of esters is 1. The number of hydrogen-bond donors (Lipinski definition) is 2. The van der Waals surface area contributed by atoms with Crippen LogP contribution in [0.5, 0.6) is 0 Å². The van der Waals surface area contributed by atoms with E-state index in [0.717, 1.165) is 0 Å². The lowest BCUT2D eigenvalue weighted by molar-refractivity contribution is -0.217. The lowest BCUT2D eigenvalue weighted by Crippen LogP contribution is -2.69. The number of Topliss-reactive ketones (excluding diaryl/α,β-unsaturated/α-hetero) is 1. The third kappa shape index (κ3) is 2.78. The molecule has 0 aromatic rings. The first-order valence-corrected chi connectivity index (χ1v) is 11.2. The minimum absolute atomic E-state index is 0.0840. The summed E-state index contributed by atoms with van der Waals surface area (Å²) in [6, 6.07) is 0. The van der Waals surface area contributed by atoms with Crippen molar-refractivity contribution in [3.8, 4) is 0 Å². The number of allylic oxidation sites excluding steroid dienone is 4. The summed E-state index contributed by atoms with van der Waals surface area (Å²) in [5.74, 6) is -2.18. The first-order chi connectivity index (χ1) is 14.4. The van der Waals surface area contributed by atoms with Gasteiger partial charge in [0.05, 0.1) is 6.10 Å². The summed E-state index contributed by atoms with van der Waals surface area (Å²) in [5.41, 5.74) is -5.23. The molecule has 3 saturated carbocycles. The van der Waals surface area contributed by atoms with E-state index < -0.39 is 52.5 Å². The number of rotatable bonds is 4. The summed E-state index contributed by atoms with van der Waals surface area (Å²) in [4.78, 5) is 36.3. The van der Waals surface area contributed by atoms with E-state index in [-0.39, 0.29) is 31.0 Å². The second kappa shape index (κ2) is 7.07. The van der Waals surface area contributed by atoms with Gasteiger partial charge in [-0.2, -0.15) is 0 Å². The summed E-state index contributed by atoms with van der Waals surface area (Å²) in [5, 5.41) is 22.7. The number of carbonyl (C=O) groups excluding carboxylic acids is 3. The molecule has 0 amide bonds. The van der Waals surface area contributed by atoms with E-state index in [1.165, 1.54) is 12.2 Å². The maximum Gasteiger partial charge on any atom is 0.305 e. The van der Waals surface area contributed by atoms with Crippen molar-refractivity contribution >= 4 is 17.5 Å². The molecule has 170 valence electrons. The lowest BCUT2D eigenvalue weighted by Gasteiger charge is -2.62. The van der Waals surface area contributed by atoms with Gasteiger partial charge in [-0.15, -0.1) is 0 Å². The lowest BCUT2D eigenvalue weighted by atomic mass is 9.44. The van der Waals surface area contributed by atoms with Crippen LogP contribution in [0.3, 0.4) is 0 Å². The van der Waals surface area contributed by atoms with Crippen LogP contribution in [0, 0.1) is 22.7 Å². The second-order valence-corrected chi connectivity index (χ2v) is 10.1. The molecule has 4 rings (SSSR count). The molecule has 0 saturated heterocycles. The van der Waals surface area contributed by atoms with Crippen LogP contribution >= 0.6 is 0 Å². The maximum absolute atomic E-state index is 16.9. The molecule has 3 fully saturated rings. The molecule has 2 N–H and O–H groups in total. The average Bonchev–Trinajstić information content (AvgIpc) is 2.99. The van der Waals surface area contributed by atoms with Gasteiger partial charge in [0.1, 0.15) is 5.60 Å². The minimum Gasteiger partial charge on any atom is -0.458 e. The third-order valence-electron chi connectivity index (χ3n) is 8.91. The Bertz CT molecular complexity index is 895. The second-order valence-electron chi connectivity index (χ2n) is 10.1. The van der Waals surface area contributed by atoms with Crippen molar-refractivity contribution in [2.75, 3.05) is 6.61 Å². The largest absolute Gasteiger partial charge is 0.458 e. The summed E-state index contributed by atoms with van der Waals surface area (Å²) in [7, 11) is 0. The van der Waals surface area contributed by atoms with Crippen LogP contribution in [0.2, 0.25) is 0 Å². The standard InChI is InChI=1S/C24H31FO6/c1-4-20(29)31-13-19(28)23(30)10-8-16-17-6-5-14-11-15(26)7-9-21(14,2)24(17,25)18(27)12-22(16,23)3/h7,9,11,16-18,27,30H,4-6,8,10,12-13H2,1-3H3/t16-,17-,18?,21-,22-,23-,24-/m0/s1. The Morgan fingerprint density at radius 3 is 2.65 bits per heavy atom. The van der Waals surface area contributed by atoms with Crippen molar-refractivity contribution in [3.05, 3.63) is 23.8 Å². The fourth-order valence-electron chi connectivity index (χ4n) is 7.04. The van der Waals surface area contributed by atoms with Crippen molar-refractivity contribution in [1.29, 1.82) is 0 Å². The summed E-state index contributed by atoms with van der Waals surface area (Å²) in [6.07, 6.45) is 4.61. The highest BCUT2D eigenvalue weighted by Crippen LogP contribution is 2.69. The Morgan fingerprint density at radius 2 is 1.97 bits per heavy atom. The molecule has 7 heteroatoms. The number of halogens is 1. The Balaban J connectivity index is 1.68. The van der Waals surface area contributed by atoms with E-state index in [1.807, 2.05) is 0 Å². The number of alkyl halides is 1. The van der Waals surface area contributed by atoms with Crippen LogP contribution in [-0.4, -0.2) is 51.7 Å². The molecule has 4 aliphatic carbocycles. The van der Waals surface area contributed by atoms with Gasteiger partial charge in [-0.05, 0) is 57.1 Å². The summed E-state index contributed by atoms with van der Waals surface area (Å²) >= 11 is 0. The number of aliphatic hydroxyl groups is 2. The van der Waals surface area contributed by atoms with Crippen LogP contribution in [0.4, 0.5) is 4.39 Å². The Labute approximate surface area is 181 Å². The summed E-state index contributed by atoms with van der Waals surface area (Å²) < 4.78 is 21.9. The molecular weight excluding hydrogens is 403 g/mol. The average molecular weight is 435 g/mol. The quantitative estimate of drug-likeness (QED) is 0.660. The zero-order valence-corrected chi connectivity index (χ0v) is 18.3. The Morgan fingerprint density at radius 1 is 1.26 bits per heavy atom. The van der Waals surface area contributed by atoms with Gasteiger partial charge in [-0.1, -0.05) is 25.5 Å². The molecule has 7 atom stereocenters. The first kappa shape index (κ1) is 22.3. The molecule has 6 nitrogen and oxygen atoms in total. The molecule has 0 heterocycles. The van der Waals surface area contributed by atoms with Gasteiger partial charge >= 0.3 is 5.97 Å². The predicted octanol–water partition coefficient (Wildman–Crippen LogP) is 2.61. The molecule has 4 aliphatic rings. The van der Waals surface area contributed by atoms with Crippen LogP contribution in [-0.2, 0) is 19.1 Å². The molecule has 0 aromatic carbocycles. The van der Waals surface area contributed by atoms with E-state index >= 15 is 4.39 Å². The molecular formula is C24H31FO6. The highest BCUT2D eigenvalue weighted by atomic mass is 19.1. The van der Waals surface area contributed by atoms with Gasteiger partial charge in [0.2, 0.25) is 5.78 Å². The van der Waals surface area contributed by atoms with Crippen molar-refractivity contribution in [1.82, 2.24) is 0 Å². The van der Waals surface area contributed by atoms with Gasteiger partial charge in [0, 0.05) is 23.2 Å². The SMILES string of the molecule is CCC(=O)OCC(=O)[C@@]1(O)CC[C@H]2[C@@H]3CCC4=CC(=O)C=C[C@]4(C)[C@@]3(F)C(O)C[C@@]21C. The molecule has 0 bridgehead atoms. The fraction of sp³-hybridized carbons (Fsp3) is 0.708. The highest BCUT2D eigenvalue weighted by Gasteiger charge is 2.74. The smallest absolute Gasteiger partial charge is 0.305 e. The van der Waals surface area contributed by atoms with Gasteiger partial charge in [0.15, 0.2) is 18.1 Å². The topological polar surface area (TPSA) is 101 Å². The molecule has 0 aromatic heterocycles. The first-order valence-electron chi connectivity index (χ1n) is 11.2. The Kier molecular flexibility index (Phi) is 5.10. The highest BCUT2D eigenvalue weighted by molar-refractivity contribution is 6.01. The normalized spacial score (nSPS) is 45.9. The number of ketones is 2. The predicted molar refractivity (Wildman–Crippen MR) is 110 cm³/mol. The monoisotopic (exact) mass is 434 g/mol. The number of hydrogen-bond acceptors (Lipinski definition) is 6.